The van der Waals surface area contributed by atoms with Crippen LogP contribution in [0.2, 0.25) is 0 Å². The summed E-state index contributed by atoms with van der Waals surface area (Å²) >= 11 is 4.84. The van der Waals surface area contributed by atoms with Crippen LogP contribution in [0.5, 0.6) is 0 Å². The fourth-order valence-electron chi connectivity index (χ4n) is 2.46. The molecule has 1 amide bonds. The van der Waals surface area contributed by atoms with Crippen molar-refractivity contribution >= 4 is 33.1 Å². The molecule has 5 nitrogen and oxygen atoms in total. The van der Waals surface area contributed by atoms with E-state index in [0.29, 0.717) is 12.8 Å². The second kappa shape index (κ2) is 3.15. The Morgan fingerprint density at radius 1 is 1.53 bits per heavy atom. The summed E-state index contributed by atoms with van der Waals surface area (Å²) in [4.78, 5) is 11.7. The molecule has 1 heterocycles. The van der Waals surface area contributed by atoms with Crippen LogP contribution in [-0.4, -0.2) is 36.5 Å². The highest BCUT2D eigenvalue weighted by molar-refractivity contribution is 7.91. The van der Waals surface area contributed by atoms with Gasteiger partial charge >= 0.3 is 0 Å². The summed E-state index contributed by atoms with van der Waals surface area (Å²) in [6.07, 6.45) is 2.93. The smallest absolute Gasteiger partial charge is 0.253 e. The van der Waals surface area contributed by atoms with E-state index >= 15 is 0 Å². The minimum atomic E-state index is -3.23. The van der Waals surface area contributed by atoms with Gasteiger partial charge in [-0.2, -0.15) is 0 Å². The SMILES string of the molecule is CS(=O)(=O)C1CCCC12NC(=S)NC2=O. The Morgan fingerprint density at radius 2 is 2.20 bits per heavy atom. The average molecular weight is 248 g/mol. The molecule has 2 atom stereocenters. The second-order valence-corrected chi connectivity index (χ2v) is 6.73. The molecular weight excluding hydrogens is 236 g/mol. The summed E-state index contributed by atoms with van der Waals surface area (Å²) < 4.78 is 23.2. The highest BCUT2D eigenvalue weighted by Gasteiger charge is 2.57. The van der Waals surface area contributed by atoms with Gasteiger partial charge in [0.1, 0.15) is 5.54 Å². The maximum atomic E-state index is 11.7. The van der Waals surface area contributed by atoms with Crippen LogP contribution >= 0.6 is 12.2 Å². The van der Waals surface area contributed by atoms with Crippen molar-refractivity contribution < 1.29 is 13.2 Å². The highest BCUT2D eigenvalue weighted by Crippen LogP contribution is 2.36. The lowest BCUT2D eigenvalue weighted by Crippen LogP contribution is -2.55. The lowest BCUT2D eigenvalue weighted by atomic mass is 9.98. The molecule has 15 heavy (non-hydrogen) atoms. The molecule has 1 aliphatic carbocycles. The van der Waals surface area contributed by atoms with E-state index in [1.54, 1.807) is 0 Å². The van der Waals surface area contributed by atoms with Gasteiger partial charge in [0.15, 0.2) is 14.9 Å². The van der Waals surface area contributed by atoms with Crippen molar-refractivity contribution in [2.75, 3.05) is 6.26 Å². The molecule has 1 spiro atoms. The lowest BCUT2D eigenvalue weighted by Gasteiger charge is -2.26. The van der Waals surface area contributed by atoms with Gasteiger partial charge in [-0.3, -0.25) is 4.79 Å². The molecule has 7 heteroatoms. The monoisotopic (exact) mass is 248 g/mol. The number of carbonyl (C=O) groups is 1. The molecule has 2 N–H and O–H groups in total. The molecule has 0 aromatic heterocycles. The van der Waals surface area contributed by atoms with E-state index in [2.05, 4.69) is 10.6 Å². The zero-order chi connectivity index (χ0) is 11.3. The molecule has 2 aliphatic rings. The normalized spacial score (nSPS) is 35.7. The van der Waals surface area contributed by atoms with E-state index < -0.39 is 20.6 Å². The summed E-state index contributed by atoms with van der Waals surface area (Å²) in [7, 11) is -3.23. The standard InChI is InChI=1S/C8H12N2O3S2/c1-15(12,13)5-3-2-4-8(5)6(11)9-7(14)10-8/h5H,2-4H2,1H3,(H2,9,10,11,14). The first-order chi connectivity index (χ1) is 6.86. The Morgan fingerprint density at radius 3 is 2.67 bits per heavy atom. The van der Waals surface area contributed by atoms with Gasteiger partial charge in [-0.15, -0.1) is 0 Å². The zero-order valence-corrected chi connectivity index (χ0v) is 9.87. The van der Waals surface area contributed by atoms with Crippen LogP contribution in [0.25, 0.3) is 0 Å². The van der Waals surface area contributed by atoms with Crippen molar-refractivity contribution in [2.24, 2.45) is 0 Å². The largest absolute Gasteiger partial charge is 0.347 e. The van der Waals surface area contributed by atoms with Crippen molar-refractivity contribution in [3.05, 3.63) is 0 Å². The zero-order valence-electron chi connectivity index (χ0n) is 8.24. The summed E-state index contributed by atoms with van der Waals surface area (Å²) in [5.41, 5.74) is -1.01. The first kappa shape index (κ1) is 10.8. The molecule has 0 aromatic rings. The quantitative estimate of drug-likeness (QED) is 0.602. The molecule has 0 radical (unpaired) electrons. The number of hydrogen-bond donors (Lipinski definition) is 2. The van der Waals surface area contributed by atoms with Gasteiger partial charge in [-0.1, -0.05) is 0 Å². The minimum absolute atomic E-state index is 0.232. The van der Waals surface area contributed by atoms with Crippen LogP contribution in [0, 0.1) is 0 Å². The van der Waals surface area contributed by atoms with Gasteiger partial charge < -0.3 is 10.6 Å². The van der Waals surface area contributed by atoms with Crippen LogP contribution in [0.4, 0.5) is 0 Å². The fourth-order valence-corrected chi connectivity index (χ4v) is 4.35. The summed E-state index contributed by atoms with van der Waals surface area (Å²) in [5.74, 6) is -0.305. The first-order valence-corrected chi connectivity index (χ1v) is 7.05. The van der Waals surface area contributed by atoms with Gasteiger partial charge in [0.2, 0.25) is 0 Å². The van der Waals surface area contributed by atoms with E-state index in [1.165, 1.54) is 6.26 Å². The third-order valence-corrected chi connectivity index (χ3v) is 4.95. The van der Waals surface area contributed by atoms with Gasteiger partial charge in [0.25, 0.3) is 5.91 Å². The fraction of sp³-hybridized carbons (Fsp3) is 0.750. The molecule has 1 aliphatic heterocycles. The molecule has 1 saturated heterocycles. The molecule has 2 unspecified atom stereocenters. The van der Waals surface area contributed by atoms with E-state index in [1.807, 2.05) is 0 Å². The number of amides is 1. The van der Waals surface area contributed by atoms with Gasteiger partial charge in [-0.25, -0.2) is 8.42 Å². The number of sulfone groups is 1. The van der Waals surface area contributed by atoms with Crippen molar-refractivity contribution in [1.29, 1.82) is 0 Å². The molecule has 0 aromatic carbocycles. The van der Waals surface area contributed by atoms with Crippen molar-refractivity contribution in [3.63, 3.8) is 0 Å². The third kappa shape index (κ3) is 1.53. The molecular formula is C8H12N2O3S2. The predicted molar refractivity (Wildman–Crippen MR) is 59.1 cm³/mol. The molecule has 1 saturated carbocycles. The number of nitrogens with one attached hydrogen (secondary N) is 2. The Bertz CT molecular complexity index is 431. The number of carbonyl (C=O) groups excluding carboxylic acids is 1. The molecule has 84 valence electrons. The highest BCUT2D eigenvalue weighted by atomic mass is 32.2. The van der Waals surface area contributed by atoms with Crippen molar-refractivity contribution in [2.45, 2.75) is 30.1 Å². The topological polar surface area (TPSA) is 75.3 Å². The summed E-state index contributed by atoms with van der Waals surface area (Å²) in [6.45, 7) is 0. The van der Waals surface area contributed by atoms with E-state index in [-0.39, 0.29) is 11.0 Å². The van der Waals surface area contributed by atoms with E-state index in [4.69, 9.17) is 12.2 Å². The Balaban J connectivity index is 2.43. The Labute approximate surface area is 93.5 Å². The lowest BCUT2D eigenvalue weighted by molar-refractivity contribution is -0.123. The third-order valence-electron chi connectivity index (χ3n) is 3.07. The maximum Gasteiger partial charge on any atom is 0.253 e. The van der Waals surface area contributed by atoms with Gasteiger partial charge in [0.05, 0.1) is 5.25 Å². The minimum Gasteiger partial charge on any atom is -0.347 e. The van der Waals surface area contributed by atoms with Gasteiger partial charge in [0, 0.05) is 6.26 Å². The summed E-state index contributed by atoms with van der Waals surface area (Å²) in [6, 6.07) is 0. The summed E-state index contributed by atoms with van der Waals surface area (Å²) in [5, 5.41) is 4.87. The van der Waals surface area contributed by atoms with Crippen molar-refractivity contribution in [3.8, 4) is 0 Å². The maximum absolute atomic E-state index is 11.7. The van der Waals surface area contributed by atoms with Crippen molar-refractivity contribution in [1.82, 2.24) is 10.6 Å². The number of rotatable bonds is 1. The number of hydrogen-bond acceptors (Lipinski definition) is 4. The van der Waals surface area contributed by atoms with Gasteiger partial charge in [-0.05, 0) is 31.5 Å². The average Bonchev–Trinajstić information content (AvgIpc) is 2.57. The van der Waals surface area contributed by atoms with Crippen LogP contribution in [0.3, 0.4) is 0 Å². The number of thiocarbonyl (C=S) groups is 1. The van der Waals surface area contributed by atoms with Crippen LogP contribution in [-0.2, 0) is 14.6 Å². The molecule has 2 fully saturated rings. The Hall–Kier alpha value is -0.690. The molecule has 2 rings (SSSR count). The Kier molecular flexibility index (Phi) is 2.27. The predicted octanol–water partition coefficient (Wildman–Crippen LogP) is -0.673. The van der Waals surface area contributed by atoms with Crippen LogP contribution < -0.4 is 10.6 Å². The first-order valence-electron chi connectivity index (χ1n) is 4.69. The molecule has 0 bridgehead atoms. The second-order valence-electron chi connectivity index (χ2n) is 4.09. The van der Waals surface area contributed by atoms with Crippen LogP contribution in [0.1, 0.15) is 19.3 Å². The van der Waals surface area contributed by atoms with Crippen LogP contribution in [0.15, 0.2) is 0 Å². The van der Waals surface area contributed by atoms with E-state index in [0.717, 1.165) is 6.42 Å². The van der Waals surface area contributed by atoms with E-state index in [9.17, 15) is 13.2 Å².